The Bertz CT molecular complexity index is 1590. The number of benzene rings is 2. The van der Waals surface area contributed by atoms with E-state index in [1.165, 1.54) is 68.2 Å². The number of amides is 1. The number of aromatic amines is 1. The second-order valence-electron chi connectivity index (χ2n) is 8.13. The molecule has 0 radical (unpaired) electrons. The molecule has 40 heavy (non-hydrogen) atoms. The highest BCUT2D eigenvalue weighted by molar-refractivity contribution is 7.93. The Morgan fingerprint density at radius 3 is 2.52 bits per heavy atom. The van der Waals surface area contributed by atoms with Crippen LogP contribution in [0.3, 0.4) is 0 Å². The number of carbonyl (C=O) groups is 1. The molecule has 16 heteroatoms. The van der Waals surface area contributed by atoms with Crippen molar-refractivity contribution in [1.82, 2.24) is 20.2 Å². The molecular weight excluding hydrogens is 555 g/mol. The molecule has 0 aliphatic heterocycles. The third kappa shape index (κ3) is 6.47. The average Bonchev–Trinajstić information content (AvgIpc) is 3.34. The van der Waals surface area contributed by atoms with Gasteiger partial charge < -0.3 is 20.5 Å². The zero-order chi connectivity index (χ0) is 28.9. The number of primary amides is 1. The van der Waals surface area contributed by atoms with E-state index in [4.69, 9.17) is 15.2 Å². The molecule has 0 spiro atoms. The van der Waals surface area contributed by atoms with Crippen molar-refractivity contribution in [2.24, 2.45) is 5.73 Å². The standard InChI is InChI=1S/C24H22F3N7O5S/c1-38-12-18(13-2-5-15(25)6-3-13)39-17-10-14(4-7-16(17)34-40(36,37)24(26)27)21-20(22(28)35)23(33-32-21)31-19-11-29-8-9-30-19/h2-11,18,24,34H,12H2,1H3,(H2,28,35)(H2,30,31,32,33)/t18-/m0/s1. The Balaban J connectivity index is 1.79. The second kappa shape index (κ2) is 12.0. The van der Waals surface area contributed by atoms with Gasteiger partial charge in [-0.3, -0.25) is 19.6 Å². The van der Waals surface area contributed by atoms with Crippen LogP contribution in [-0.4, -0.2) is 54.0 Å². The molecule has 0 bridgehead atoms. The zero-order valence-electron chi connectivity index (χ0n) is 20.6. The summed E-state index contributed by atoms with van der Waals surface area (Å²) in [5.41, 5.74) is 6.00. The monoisotopic (exact) mass is 577 g/mol. The summed E-state index contributed by atoms with van der Waals surface area (Å²) in [6.07, 6.45) is 3.34. The average molecular weight is 578 g/mol. The molecule has 4 rings (SSSR count). The molecule has 1 atom stereocenters. The Morgan fingerprint density at radius 1 is 1.15 bits per heavy atom. The first-order valence-electron chi connectivity index (χ1n) is 11.4. The summed E-state index contributed by atoms with van der Waals surface area (Å²) in [7, 11) is -3.70. The maximum absolute atomic E-state index is 13.5. The van der Waals surface area contributed by atoms with Crippen LogP contribution in [-0.2, 0) is 14.8 Å². The number of sulfonamides is 1. The lowest BCUT2D eigenvalue weighted by molar-refractivity contribution is 0.0815. The molecular formula is C24H22F3N7O5S. The molecule has 0 aliphatic rings. The quantitative estimate of drug-likeness (QED) is 0.196. The number of ether oxygens (including phenoxy) is 2. The van der Waals surface area contributed by atoms with Gasteiger partial charge in [-0.1, -0.05) is 18.2 Å². The van der Waals surface area contributed by atoms with Crippen LogP contribution < -0.4 is 20.5 Å². The minimum atomic E-state index is -5.08. The Morgan fingerprint density at radius 2 is 1.90 bits per heavy atom. The molecule has 2 aromatic heterocycles. The highest BCUT2D eigenvalue weighted by Crippen LogP contribution is 2.37. The molecule has 2 heterocycles. The van der Waals surface area contributed by atoms with Gasteiger partial charge in [0.1, 0.15) is 29.1 Å². The lowest BCUT2D eigenvalue weighted by Crippen LogP contribution is -2.22. The lowest BCUT2D eigenvalue weighted by Gasteiger charge is -2.22. The third-order valence-corrected chi connectivity index (χ3v) is 6.38. The van der Waals surface area contributed by atoms with Crippen LogP contribution in [0.4, 0.5) is 30.5 Å². The van der Waals surface area contributed by atoms with E-state index in [0.29, 0.717) is 5.56 Å². The first-order chi connectivity index (χ1) is 19.1. The summed E-state index contributed by atoms with van der Waals surface area (Å²) in [6.45, 7) is -0.0698. The Labute approximate surface area is 225 Å². The van der Waals surface area contributed by atoms with E-state index in [1.54, 1.807) is 4.72 Å². The molecule has 210 valence electrons. The number of nitrogens with two attached hydrogens (primary N) is 1. The van der Waals surface area contributed by atoms with Crippen molar-refractivity contribution in [1.29, 1.82) is 0 Å². The molecule has 2 aromatic carbocycles. The molecule has 0 aliphatic carbocycles. The van der Waals surface area contributed by atoms with Gasteiger partial charge in [-0.25, -0.2) is 17.8 Å². The molecule has 5 N–H and O–H groups in total. The number of carbonyl (C=O) groups excluding carboxylic acids is 1. The van der Waals surface area contributed by atoms with Crippen LogP contribution in [0.1, 0.15) is 22.0 Å². The Kier molecular flexibility index (Phi) is 8.49. The summed E-state index contributed by atoms with van der Waals surface area (Å²) in [5, 5.41) is 9.58. The van der Waals surface area contributed by atoms with E-state index in [0.717, 1.165) is 0 Å². The van der Waals surface area contributed by atoms with Crippen LogP contribution in [0.2, 0.25) is 0 Å². The highest BCUT2D eigenvalue weighted by atomic mass is 32.2. The van der Waals surface area contributed by atoms with Crippen LogP contribution >= 0.6 is 0 Å². The minimum absolute atomic E-state index is 0.0246. The van der Waals surface area contributed by atoms with E-state index in [-0.39, 0.29) is 46.5 Å². The van der Waals surface area contributed by atoms with Gasteiger partial charge in [-0.15, -0.1) is 0 Å². The summed E-state index contributed by atoms with van der Waals surface area (Å²) >= 11 is 0. The molecule has 0 saturated carbocycles. The van der Waals surface area contributed by atoms with E-state index in [1.807, 2.05) is 0 Å². The number of anilines is 3. The molecule has 1 amide bonds. The summed E-state index contributed by atoms with van der Waals surface area (Å²) in [6, 6.07) is 9.03. The van der Waals surface area contributed by atoms with Crippen LogP contribution in [0.25, 0.3) is 11.3 Å². The molecule has 0 unspecified atom stereocenters. The van der Waals surface area contributed by atoms with Crippen molar-refractivity contribution in [3.63, 3.8) is 0 Å². The fourth-order valence-electron chi connectivity index (χ4n) is 3.60. The van der Waals surface area contributed by atoms with Crippen LogP contribution in [0, 0.1) is 5.82 Å². The predicted molar refractivity (Wildman–Crippen MR) is 138 cm³/mol. The molecule has 12 nitrogen and oxygen atoms in total. The number of nitrogens with one attached hydrogen (secondary N) is 3. The maximum atomic E-state index is 13.5. The second-order valence-corrected chi connectivity index (χ2v) is 9.78. The number of halogens is 3. The van der Waals surface area contributed by atoms with Gasteiger partial charge in [-0.05, 0) is 29.8 Å². The van der Waals surface area contributed by atoms with Crippen molar-refractivity contribution in [3.05, 3.63) is 78.0 Å². The largest absolute Gasteiger partial charge is 0.481 e. The number of hydrogen-bond donors (Lipinski definition) is 4. The number of alkyl halides is 2. The zero-order valence-corrected chi connectivity index (χ0v) is 21.5. The third-order valence-electron chi connectivity index (χ3n) is 5.41. The minimum Gasteiger partial charge on any atom is -0.481 e. The topological polar surface area (TPSA) is 174 Å². The fraction of sp³-hybridized carbons (Fsp3) is 0.167. The van der Waals surface area contributed by atoms with Gasteiger partial charge >= 0.3 is 5.76 Å². The maximum Gasteiger partial charge on any atom is 0.355 e. The van der Waals surface area contributed by atoms with Crippen molar-refractivity contribution in [3.8, 4) is 17.0 Å². The van der Waals surface area contributed by atoms with Crippen LogP contribution in [0.15, 0.2) is 61.1 Å². The molecule has 0 fully saturated rings. The number of hydrogen-bond acceptors (Lipinski definition) is 9. The van der Waals surface area contributed by atoms with E-state index < -0.39 is 33.6 Å². The van der Waals surface area contributed by atoms with E-state index in [9.17, 15) is 26.4 Å². The van der Waals surface area contributed by atoms with Crippen molar-refractivity contribution < 1.29 is 35.9 Å². The lowest BCUT2D eigenvalue weighted by atomic mass is 10.1. The van der Waals surface area contributed by atoms with Gasteiger partial charge in [0.15, 0.2) is 5.82 Å². The van der Waals surface area contributed by atoms with Gasteiger partial charge in [0.25, 0.3) is 15.9 Å². The van der Waals surface area contributed by atoms with Crippen LogP contribution in [0.5, 0.6) is 5.75 Å². The first kappa shape index (κ1) is 28.3. The predicted octanol–water partition coefficient (Wildman–Crippen LogP) is 3.58. The highest BCUT2D eigenvalue weighted by Gasteiger charge is 2.27. The van der Waals surface area contributed by atoms with Gasteiger partial charge in [0, 0.05) is 25.1 Å². The molecule has 0 saturated heterocycles. The normalized spacial score (nSPS) is 12.2. The van der Waals surface area contributed by atoms with Crippen molar-refractivity contribution >= 4 is 33.3 Å². The fourth-order valence-corrected chi connectivity index (χ4v) is 4.17. The first-order valence-corrected chi connectivity index (χ1v) is 12.9. The van der Waals surface area contributed by atoms with Gasteiger partial charge in [0.05, 0.1) is 24.2 Å². The summed E-state index contributed by atoms with van der Waals surface area (Å²) in [5.74, 6) is -5.01. The van der Waals surface area contributed by atoms with Gasteiger partial charge in [-0.2, -0.15) is 13.9 Å². The van der Waals surface area contributed by atoms with Crippen molar-refractivity contribution in [2.75, 3.05) is 23.8 Å². The van der Waals surface area contributed by atoms with Crippen molar-refractivity contribution in [2.45, 2.75) is 11.9 Å². The summed E-state index contributed by atoms with van der Waals surface area (Å²) < 4.78 is 76.7. The Hall–Kier alpha value is -4.70. The number of H-pyrrole nitrogens is 1. The molecule has 4 aromatic rings. The SMILES string of the molecule is COC[C@H](Oc1cc(-c2[nH]nc(Nc3cnccn3)c2C(N)=O)ccc1NS(=O)(=O)C(F)F)c1ccc(F)cc1. The number of aromatic nitrogens is 4. The summed E-state index contributed by atoms with van der Waals surface area (Å²) in [4.78, 5) is 20.4. The van der Waals surface area contributed by atoms with E-state index >= 15 is 0 Å². The van der Waals surface area contributed by atoms with Gasteiger partial charge in [0.2, 0.25) is 0 Å². The smallest absolute Gasteiger partial charge is 0.355 e. The number of nitrogens with zero attached hydrogens (tertiary/aromatic N) is 3. The van der Waals surface area contributed by atoms with E-state index in [2.05, 4.69) is 25.5 Å². The number of rotatable bonds is 12. The number of methoxy groups -OCH3 is 1.